The van der Waals surface area contributed by atoms with E-state index in [1.54, 1.807) is 23.9 Å². The molecule has 0 aliphatic rings. The van der Waals surface area contributed by atoms with Crippen molar-refractivity contribution in [3.63, 3.8) is 0 Å². The molecule has 0 saturated heterocycles. The summed E-state index contributed by atoms with van der Waals surface area (Å²) in [6.45, 7) is 2.28. The van der Waals surface area contributed by atoms with Gasteiger partial charge >= 0.3 is 0 Å². The number of methoxy groups -OCH3 is 1. The summed E-state index contributed by atoms with van der Waals surface area (Å²) in [5.74, 6) is 4.45. The van der Waals surface area contributed by atoms with Gasteiger partial charge in [-0.1, -0.05) is 5.92 Å². The van der Waals surface area contributed by atoms with Gasteiger partial charge in [-0.3, -0.25) is 0 Å². The minimum absolute atomic E-state index is 0.411. The normalized spacial score (nSPS) is 10.1. The van der Waals surface area contributed by atoms with Gasteiger partial charge in [0.1, 0.15) is 17.3 Å². The molecule has 5 nitrogen and oxygen atoms in total. The Morgan fingerprint density at radius 1 is 1.50 bits per heavy atom. The van der Waals surface area contributed by atoms with Crippen LogP contribution in [0.2, 0.25) is 0 Å². The first kappa shape index (κ1) is 12.0. The maximum absolute atomic E-state index is 6.04. The van der Waals surface area contributed by atoms with Crippen LogP contribution in [0.3, 0.4) is 0 Å². The van der Waals surface area contributed by atoms with E-state index >= 15 is 0 Å². The van der Waals surface area contributed by atoms with E-state index in [0.29, 0.717) is 23.9 Å². The lowest BCUT2D eigenvalue weighted by molar-refractivity contribution is 0.398. The van der Waals surface area contributed by atoms with Crippen LogP contribution in [-0.2, 0) is 6.54 Å². The minimum atomic E-state index is 0.411. The molecule has 0 amide bonds. The molecule has 2 heterocycles. The number of aryl methyl sites for hydroxylation is 1. The third-order valence-corrected chi connectivity index (χ3v) is 2.67. The van der Waals surface area contributed by atoms with Crippen LogP contribution in [0.15, 0.2) is 18.3 Å². The highest BCUT2D eigenvalue weighted by molar-refractivity contribution is 5.70. The molecule has 0 aliphatic carbocycles. The molecule has 0 aromatic carbocycles. The Balaban J connectivity index is 2.44. The Morgan fingerprint density at radius 2 is 2.28 bits per heavy atom. The van der Waals surface area contributed by atoms with Crippen molar-refractivity contribution >= 4 is 5.82 Å². The molecule has 0 saturated carbocycles. The Hall–Kier alpha value is -2.48. The maximum atomic E-state index is 6.04. The minimum Gasteiger partial charge on any atom is -0.481 e. The van der Waals surface area contributed by atoms with Crippen LogP contribution in [0, 0.1) is 19.3 Å². The quantitative estimate of drug-likeness (QED) is 0.828. The summed E-state index contributed by atoms with van der Waals surface area (Å²) < 4.78 is 6.80. The molecule has 2 aromatic rings. The molecule has 18 heavy (non-hydrogen) atoms. The molecule has 0 atom stereocenters. The summed E-state index contributed by atoms with van der Waals surface area (Å²) >= 11 is 0. The second-order valence-corrected chi connectivity index (χ2v) is 3.77. The van der Waals surface area contributed by atoms with Crippen LogP contribution in [0.25, 0.3) is 11.3 Å². The zero-order valence-electron chi connectivity index (χ0n) is 10.3. The maximum Gasteiger partial charge on any atom is 0.212 e. The number of ether oxygens (including phenoxy) is 1. The molecule has 0 fully saturated rings. The third kappa shape index (κ3) is 2.00. The molecule has 92 valence electrons. The molecular weight excluding hydrogens is 228 g/mol. The molecule has 0 spiro atoms. The number of anilines is 1. The van der Waals surface area contributed by atoms with Crippen molar-refractivity contribution < 1.29 is 4.74 Å². The van der Waals surface area contributed by atoms with E-state index in [9.17, 15) is 0 Å². The van der Waals surface area contributed by atoms with E-state index in [1.165, 1.54) is 0 Å². The van der Waals surface area contributed by atoms with E-state index in [2.05, 4.69) is 15.9 Å². The highest BCUT2D eigenvalue weighted by atomic mass is 16.5. The van der Waals surface area contributed by atoms with Crippen molar-refractivity contribution in [1.29, 1.82) is 0 Å². The van der Waals surface area contributed by atoms with Gasteiger partial charge in [0.05, 0.1) is 13.7 Å². The van der Waals surface area contributed by atoms with Gasteiger partial charge in [0.2, 0.25) is 5.88 Å². The van der Waals surface area contributed by atoms with Crippen LogP contribution in [-0.4, -0.2) is 21.6 Å². The number of imidazole rings is 1. The van der Waals surface area contributed by atoms with Gasteiger partial charge in [-0.25, -0.2) is 9.97 Å². The van der Waals surface area contributed by atoms with E-state index in [0.717, 1.165) is 11.4 Å². The SMILES string of the molecule is C#CCn1c(C)nc(-c2ccc(OC)nc2)c1N. The van der Waals surface area contributed by atoms with Crippen molar-refractivity contribution in [2.45, 2.75) is 13.5 Å². The average molecular weight is 242 g/mol. The lowest BCUT2D eigenvalue weighted by Crippen LogP contribution is -2.03. The van der Waals surface area contributed by atoms with Crippen LogP contribution in [0.5, 0.6) is 5.88 Å². The van der Waals surface area contributed by atoms with E-state index in [-0.39, 0.29) is 0 Å². The van der Waals surface area contributed by atoms with Gasteiger partial charge < -0.3 is 15.0 Å². The number of nitrogens with zero attached hydrogens (tertiary/aromatic N) is 3. The second kappa shape index (κ2) is 4.80. The lowest BCUT2D eigenvalue weighted by Gasteiger charge is -2.03. The first-order valence-corrected chi connectivity index (χ1v) is 5.44. The van der Waals surface area contributed by atoms with Gasteiger partial charge in [-0.15, -0.1) is 6.42 Å². The van der Waals surface area contributed by atoms with Crippen LogP contribution in [0.1, 0.15) is 5.82 Å². The number of hydrogen-bond acceptors (Lipinski definition) is 4. The molecule has 5 heteroatoms. The highest BCUT2D eigenvalue weighted by Crippen LogP contribution is 2.26. The Morgan fingerprint density at radius 3 is 2.83 bits per heavy atom. The molecule has 2 aromatic heterocycles. The topological polar surface area (TPSA) is 66.0 Å². The molecule has 0 radical (unpaired) electrons. The molecule has 0 aliphatic heterocycles. The van der Waals surface area contributed by atoms with Gasteiger partial charge in [0.25, 0.3) is 0 Å². The summed E-state index contributed by atoms with van der Waals surface area (Å²) in [6.07, 6.45) is 6.98. The first-order chi connectivity index (χ1) is 8.67. The Bertz CT molecular complexity index is 593. The van der Waals surface area contributed by atoms with Crippen molar-refractivity contribution in [3.05, 3.63) is 24.2 Å². The van der Waals surface area contributed by atoms with E-state index in [4.69, 9.17) is 16.9 Å². The van der Waals surface area contributed by atoms with E-state index < -0.39 is 0 Å². The Kier molecular flexibility index (Phi) is 3.20. The molecular formula is C13H14N4O. The largest absolute Gasteiger partial charge is 0.481 e. The predicted molar refractivity (Wildman–Crippen MR) is 70.0 cm³/mol. The number of nitrogens with two attached hydrogens (primary N) is 1. The monoisotopic (exact) mass is 242 g/mol. The van der Waals surface area contributed by atoms with Crippen molar-refractivity contribution in [1.82, 2.24) is 14.5 Å². The fourth-order valence-corrected chi connectivity index (χ4v) is 1.73. The summed E-state index contributed by atoms with van der Waals surface area (Å²) in [7, 11) is 1.57. The summed E-state index contributed by atoms with van der Waals surface area (Å²) in [4.78, 5) is 8.55. The highest BCUT2D eigenvalue weighted by Gasteiger charge is 2.13. The summed E-state index contributed by atoms with van der Waals surface area (Å²) in [5.41, 5.74) is 7.57. The van der Waals surface area contributed by atoms with E-state index in [1.807, 2.05) is 13.0 Å². The van der Waals surface area contributed by atoms with Crippen molar-refractivity contribution in [2.75, 3.05) is 12.8 Å². The predicted octanol–water partition coefficient (Wildman–Crippen LogP) is 1.48. The third-order valence-electron chi connectivity index (χ3n) is 2.67. The first-order valence-electron chi connectivity index (χ1n) is 5.44. The summed E-state index contributed by atoms with van der Waals surface area (Å²) in [6, 6.07) is 3.63. The zero-order valence-corrected chi connectivity index (χ0v) is 10.3. The van der Waals surface area contributed by atoms with Crippen LogP contribution >= 0.6 is 0 Å². The summed E-state index contributed by atoms with van der Waals surface area (Å²) in [5, 5.41) is 0. The van der Waals surface area contributed by atoms with Gasteiger partial charge in [0.15, 0.2) is 0 Å². The van der Waals surface area contributed by atoms with Crippen molar-refractivity contribution in [2.24, 2.45) is 0 Å². The number of nitrogen functional groups attached to an aromatic ring is 1. The zero-order chi connectivity index (χ0) is 13.1. The molecule has 0 unspecified atom stereocenters. The van der Waals surface area contributed by atoms with Crippen molar-refractivity contribution in [3.8, 4) is 29.5 Å². The number of pyridine rings is 1. The molecule has 2 rings (SSSR count). The number of hydrogen-bond donors (Lipinski definition) is 1. The van der Waals surface area contributed by atoms with Gasteiger partial charge in [-0.05, 0) is 13.0 Å². The van der Waals surface area contributed by atoms with Gasteiger partial charge in [-0.2, -0.15) is 0 Å². The van der Waals surface area contributed by atoms with Gasteiger partial charge in [0, 0.05) is 17.8 Å². The fourth-order valence-electron chi connectivity index (χ4n) is 1.73. The fraction of sp³-hybridized carbons (Fsp3) is 0.231. The van der Waals surface area contributed by atoms with Crippen LogP contribution in [0.4, 0.5) is 5.82 Å². The standard InChI is InChI=1S/C13H14N4O/c1-4-7-17-9(2)16-12(13(17)14)10-5-6-11(18-3)15-8-10/h1,5-6,8H,7,14H2,2-3H3. The lowest BCUT2D eigenvalue weighted by atomic mass is 10.2. The number of rotatable bonds is 3. The molecule has 2 N–H and O–H groups in total. The Labute approximate surface area is 106 Å². The number of terminal acetylenes is 1. The average Bonchev–Trinajstić information content (AvgIpc) is 2.67. The smallest absolute Gasteiger partial charge is 0.212 e. The second-order valence-electron chi connectivity index (χ2n) is 3.77. The van der Waals surface area contributed by atoms with Crippen LogP contribution < -0.4 is 10.5 Å². The molecule has 0 bridgehead atoms. The number of aromatic nitrogens is 3.